The van der Waals surface area contributed by atoms with Crippen molar-refractivity contribution in [3.8, 4) is 0 Å². The number of nitrogens with zero attached hydrogens (tertiary/aromatic N) is 1. The molecule has 1 atom stereocenters. The zero-order valence-electron chi connectivity index (χ0n) is 17.2. The molecule has 1 unspecified atom stereocenters. The molecule has 0 bridgehead atoms. The number of rotatable bonds is 6. The smallest absolute Gasteiger partial charge is 0.224 e. The van der Waals surface area contributed by atoms with Gasteiger partial charge in [0, 0.05) is 23.1 Å². The second-order valence-corrected chi connectivity index (χ2v) is 7.75. The molecule has 0 aliphatic rings. The van der Waals surface area contributed by atoms with Crippen molar-refractivity contribution in [2.75, 3.05) is 20.6 Å². The van der Waals surface area contributed by atoms with Crippen LogP contribution in [-0.4, -0.2) is 36.4 Å². The molecule has 0 fully saturated rings. The Bertz CT molecular complexity index is 1010. The molecule has 0 spiro atoms. The highest BCUT2D eigenvalue weighted by Gasteiger charge is 2.18. The van der Waals surface area contributed by atoms with E-state index < -0.39 is 0 Å². The molecule has 1 aromatic heterocycles. The fourth-order valence-corrected chi connectivity index (χ4v) is 3.81. The van der Waals surface area contributed by atoms with E-state index in [1.54, 1.807) is 6.07 Å². The minimum atomic E-state index is -0.268. The fourth-order valence-electron chi connectivity index (χ4n) is 3.81. The lowest BCUT2D eigenvalue weighted by molar-refractivity contribution is -0.120. The summed E-state index contributed by atoms with van der Waals surface area (Å²) in [7, 11) is 3.86. The molecule has 0 radical (unpaired) electrons. The predicted molar refractivity (Wildman–Crippen MR) is 112 cm³/mol. The number of hydrogen-bond donors (Lipinski definition) is 2. The van der Waals surface area contributed by atoms with Crippen LogP contribution in [0.4, 0.5) is 4.39 Å². The molecule has 4 nitrogen and oxygen atoms in total. The number of amides is 1. The summed E-state index contributed by atoms with van der Waals surface area (Å²) in [6.45, 7) is 6.58. The zero-order valence-corrected chi connectivity index (χ0v) is 17.2. The number of aromatic nitrogens is 1. The lowest BCUT2D eigenvalue weighted by Gasteiger charge is -2.25. The Morgan fingerprint density at radius 3 is 2.61 bits per heavy atom. The third kappa shape index (κ3) is 4.25. The molecule has 3 rings (SSSR count). The van der Waals surface area contributed by atoms with E-state index in [0.29, 0.717) is 13.0 Å². The highest BCUT2D eigenvalue weighted by molar-refractivity contribution is 5.92. The standard InChI is InChI=1S/C23H28FN3O/c1-14-9-15(2)23-20(10-14)19(16(3)26-23)12-22(28)25-13-21(27(4)5)17-7-6-8-18(24)11-17/h6-11,21,26H,12-13H2,1-5H3,(H,25,28). The molecule has 2 N–H and O–H groups in total. The van der Waals surface area contributed by atoms with Crippen molar-refractivity contribution in [3.63, 3.8) is 0 Å². The first-order chi connectivity index (χ1) is 13.3. The molecule has 0 aliphatic carbocycles. The molecule has 0 saturated heterocycles. The Morgan fingerprint density at radius 2 is 1.93 bits per heavy atom. The highest BCUT2D eigenvalue weighted by Crippen LogP contribution is 2.27. The Hall–Kier alpha value is -2.66. The highest BCUT2D eigenvalue weighted by atomic mass is 19.1. The van der Waals surface area contributed by atoms with Crippen LogP contribution in [0.3, 0.4) is 0 Å². The summed E-state index contributed by atoms with van der Waals surface area (Å²) in [5, 5.41) is 4.14. The number of carbonyl (C=O) groups is 1. The third-order valence-electron chi connectivity index (χ3n) is 5.26. The van der Waals surface area contributed by atoms with Crippen molar-refractivity contribution in [1.82, 2.24) is 15.2 Å². The van der Waals surface area contributed by atoms with Crippen molar-refractivity contribution < 1.29 is 9.18 Å². The van der Waals surface area contributed by atoms with Crippen LogP contribution in [0.5, 0.6) is 0 Å². The molecule has 148 valence electrons. The van der Waals surface area contributed by atoms with Crippen LogP contribution in [0.25, 0.3) is 10.9 Å². The number of benzene rings is 2. The summed E-state index contributed by atoms with van der Waals surface area (Å²) >= 11 is 0. The van der Waals surface area contributed by atoms with Crippen molar-refractivity contribution in [1.29, 1.82) is 0 Å². The number of hydrogen-bond acceptors (Lipinski definition) is 2. The number of fused-ring (bicyclic) bond motifs is 1. The summed E-state index contributed by atoms with van der Waals surface area (Å²) < 4.78 is 13.6. The summed E-state index contributed by atoms with van der Waals surface area (Å²) in [6, 6.07) is 10.7. The largest absolute Gasteiger partial charge is 0.358 e. The second-order valence-electron chi connectivity index (χ2n) is 7.75. The first-order valence-electron chi connectivity index (χ1n) is 9.53. The van der Waals surface area contributed by atoms with Gasteiger partial charge in [0.05, 0.1) is 12.5 Å². The number of aromatic amines is 1. The Kier molecular flexibility index (Phi) is 5.84. The predicted octanol–water partition coefficient (Wildman–Crippen LogP) is 4.19. The average Bonchev–Trinajstić information content (AvgIpc) is 2.91. The summed E-state index contributed by atoms with van der Waals surface area (Å²) in [5.41, 5.74) is 6.37. The first kappa shape index (κ1) is 20.1. The number of halogens is 1. The van der Waals surface area contributed by atoms with Crippen molar-refractivity contribution >= 4 is 16.8 Å². The minimum Gasteiger partial charge on any atom is -0.358 e. The normalized spacial score (nSPS) is 12.5. The van der Waals surface area contributed by atoms with Crippen LogP contribution in [0.1, 0.15) is 34.0 Å². The van der Waals surface area contributed by atoms with Crippen LogP contribution in [0.2, 0.25) is 0 Å². The Balaban J connectivity index is 1.75. The molecule has 5 heteroatoms. The lowest BCUT2D eigenvalue weighted by Crippen LogP contribution is -2.35. The van der Waals surface area contributed by atoms with Gasteiger partial charge in [-0.25, -0.2) is 4.39 Å². The van der Waals surface area contributed by atoms with Gasteiger partial charge in [-0.15, -0.1) is 0 Å². The second kappa shape index (κ2) is 8.15. The molecule has 28 heavy (non-hydrogen) atoms. The maximum Gasteiger partial charge on any atom is 0.224 e. The van der Waals surface area contributed by atoms with Gasteiger partial charge in [0.1, 0.15) is 5.82 Å². The number of carbonyl (C=O) groups excluding carboxylic acids is 1. The van der Waals surface area contributed by atoms with Crippen LogP contribution < -0.4 is 5.32 Å². The van der Waals surface area contributed by atoms with E-state index in [2.05, 4.69) is 36.3 Å². The molecule has 0 aliphatic heterocycles. The number of aryl methyl sites for hydroxylation is 3. The van der Waals surface area contributed by atoms with Gasteiger partial charge >= 0.3 is 0 Å². The average molecular weight is 381 g/mol. The Labute approximate surface area is 165 Å². The molecule has 0 saturated carbocycles. The topological polar surface area (TPSA) is 48.1 Å². The van der Waals surface area contributed by atoms with Gasteiger partial charge in [0.15, 0.2) is 0 Å². The monoisotopic (exact) mass is 381 g/mol. The van der Waals surface area contributed by atoms with E-state index in [4.69, 9.17) is 0 Å². The van der Waals surface area contributed by atoms with E-state index >= 15 is 0 Å². The van der Waals surface area contributed by atoms with Crippen LogP contribution in [-0.2, 0) is 11.2 Å². The van der Waals surface area contributed by atoms with E-state index in [9.17, 15) is 9.18 Å². The first-order valence-corrected chi connectivity index (χ1v) is 9.53. The van der Waals surface area contributed by atoms with Crippen molar-refractivity contribution in [2.45, 2.75) is 33.2 Å². The minimum absolute atomic E-state index is 0.0357. The Morgan fingerprint density at radius 1 is 1.18 bits per heavy atom. The van der Waals surface area contributed by atoms with Crippen molar-refractivity contribution in [3.05, 3.63) is 70.2 Å². The summed E-state index contributed by atoms with van der Waals surface area (Å²) in [6.07, 6.45) is 0.317. The summed E-state index contributed by atoms with van der Waals surface area (Å²) in [5.74, 6) is -0.303. The summed E-state index contributed by atoms with van der Waals surface area (Å²) in [4.78, 5) is 18.1. The number of H-pyrrole nitrogens is 1. The number of nitrogens with one attached hydrogen (secondary N) is 2. The molecular weight excluding hydrogens is 353 g/mol. The van der Waals surface area contributed by atoms with E-state index in [1.807, 2.05) is 32.0 Å². The van der Waals surface area contributed by atoms with Gasteiger partial charge in [-0.1, -0.05) is 23.8 Å². The maximum atomic E-state index is 13.6. The van der Waals surface area contributed by atoms with Crippen LogP contribution >= 0.6 is 0 Å². The van der Waals surface area contributed by atoms with Gasteiger partial charge in [-0.05, 0) is 69.8 Å². The molecule has 2 aromatic carbocycles. The zero-order chi connectivity index (χ0) is 20.4. The quantitative estimate of drug-likeness (QED) is 0.672. The van der Waals surface area contributed by atoms with E-state index in [-0.39, 0.29) is 17.8 Å². The van der Waals surface area contributed by atoms with E-state index in [0.717, 1.165) is 27.7 Å². The molecule has 1 amide bonds. The van der Waals surface area contributed by atoms with Gasteiger partial charge in [0.2, 0.25) is 5.91 Å². The molecule has 1 heterocycles. The van der Waals surface area contributed by atoms with Crippen LogP contribution in [0, 0.1) is 26.6 Å². The van der Waals surface area contributed by atoms with Gasteiger partial charge in [-0.2, -0.15) is 0 Å². The van der Waals surface area contributed by atoms with Crippen molar-refractivity contribution in [2.24, 2.45) is 0 Å². The SMILES string of the molecule is Cc1cc(C)c2[nH]c(C)c(CC(=O)NCC(c3cccc(F)c3)N(C)C)c2c1. The molecule has 3 aromatic rings. The maximum absolute atomic E-state index is 13.6. The van der Waals surface area contributed by atoms with Gasteiger partial charge in [-0.3, -0.25) is 4.79 Å². The number of likely N-dealkylation sites (N-methyl/N-ethyl adjacent to an activating group) is 1. The lowest BCUT2D eigenvalue weighted by atomic mass is 10.0. The van der Waals surface area contributed by atoms with Crippen LogP contribution in [0.15, 0.2) is 36.4 Å². The molecular formula is C23H28FN3O. The third-order valence-corrected chi connectivity index (χ3v) is 5.26. The van der Waals surface area contributed by atoms with E-state index in [1.165, 1.54) is 23.3 Å². The van der Waals surface area contributed by atoms with Gasteiger partial charge < -0.3 is 15.2 Å². The van der Waals surface area contributed by atoms with Gasteiger partial charge in [0.25, 0.3) is 0 Å². The fraction of sp³-hybridized carbons (Fsp3) is 0.348.